The molecule has 1 heterocycles. The molecule has 0 saturated carbocycles. The third kappa shape index (κ3) is 7.57. The topological polar surface area (TPSA) is 84.0 Å². The summed E-state index contributed by atoms with van der Waals surface area (Å²) in [6, 6.07) is 7.74. The van der Waals surface area contributed by atoms with Crippen molar-refractivity contribution in [2.75, 3.05) is 39.2 Å². The number of hydrogen-bond donors (Lipinski definition) is 3. The summed E-state index contributed by atoms with van der Waals surface area (Å²) < 4.78 is 10.4. The van der Waals surface area contributed by atoms with Gasteiger partial charge in [-0.1, -0.05) is 12.1 Å². The number of hydrogen-bond acceptors (Lipinski definition) is 4. The van der Waals surface area contributed by atoms with Crippen molar-refractivity contribution in [2.45, 2.75) is 25.5 Å². The van der Waals surface area contributed by atoms with Gasteiger partial charge >= 0.3 is 0 Å². The van der Waals surface area contributed by atoms with E-state index >= 15 is 0 Å². The molecule has 1 aliphatic heterocycles. The summed E-state index contributed by atoms with van der Waals surface area (Å²) in [7, 11) is 3.38. The maximum atomic E-state index is 12.1. The van der Waals surface area contributed by atoms with Crippen LogP contribution in [-0.4, -0.2) is 51.9 Å². The van der Waals surface area contributed by atoms with Crippen LogP contribution in [-0.2, 0) is 20.8 Å². The molecule has 7 nitrogen and oxygen atoms in total. The minimum absolute atomic E-state index is 0. The molecule has 3 N–H and O–H groups in total. The van der Waals surface area contributed by atoms with Gasteiger partial charge in [-0.2, -0.15) is 0 Å². The summed E-state index contributed by atoms with van der Waals surface area (Å²) in [5, 5.41) is 9.29. The number of carbonyl (C=O) groups excluding carboxylic acids is 1. The molecule has 25 heavy (non-hydrogen) atoms. The van der Waals surface area contributed by atoms with Crippen molar-refractivity contribution in [3.05, 3.63) is 29.8 Å². The average molecular weight is 462 g/mol. The number of ether oxygens (including phenoxy) is 2. The fourth-order valence-corrected chi connectivity index (χ4v) is 2.44. The lowest BCUT2D eigenvalue weighted by molar-refractivity contribution is -0.124. The van der Waals surface area contributed by atoms with Crippen LogP contribution in [0.25, 0.3) is 0 Å². The molecule has 2 rings (SSSR count). The van der Waals surface area contributed by atoms with Crippen molar-refractivity contribution in [2.24, 2.45) is 4.99 Å². The quantitative estimate of drug-likeness (QED) is 0.249. The minimum Gasteiger partial charge on any atom is -0.383 e. The van der Waals surface area contributed by atoms with Gasteiger partial charge in [0, 0.05) is 39.5 Å². The van der Waals surface area contributed by atoms with Gasteiger partial charge in [-0.05, 0) is 30.5 Å². The molecule has 1 atom stereocenters. The molecule has 0 spiro atoms. The van der Waals surface area contributed by atoms with Gasteiger partial charge in [0.2, 0.25) is 0 Å². The van der Waals surface area contributed by atoms with Gasteiger partial charge in [0.15, 0.2) is 5.96 Å². The molecular formula is C17H27IN4O3. The van der Waals surface area contributed by atoms with Crippen molar-refractivity contribution >= 4 is 41.5 Å². The van der Waals surface area contributed by atoms with Gasteiger partial charge in [-0.15, -0.1) is 24.0 Å². The summed E-state index contributed by atoms with van der Waals surface area (Å²) in [5.74, 6) is 0.635. The van der Waals surface area contributed by atoms with Gasteiger partial charge in [0.05, 0.1) is 6.61 Å². The summed E-state index contributed by atoms with van der Waals surface area (Å²) in [4.78, 5) is 16.2. The SMILES string of the molecule is CN=C(NCCOC)NCc1cccc(NC(=O)C2CCCO2)c1.I. The van der Waals surface area contributed by atoms with Gasteiger partial charge in [-0.25, -0.2) is 0 Å². The third-order valence-electron chi connectivity index (χ3n) is 3.70. The Balaban J connectivity index is 0.00000312. The molecule has 1 fully saturated rings. The number of halogens is 1. The van der Waals surface area contributed by atoms with Gasteiger partial charge in [-0.3, -0.25) is 9.79 Å². The zero-order chi connectivity index (χ0) is 17.2. The molecule has 0 aromatic heterocycles. The second-order valence-electron chi connectivity index (χ2n) is 5.54. The number of methoxy groups -OCH3 is 1. The molecule has 0 aliphatic carbocycles. The zero-order valence-electron chi connectivity index (χ0n) is 14.7. The van der Waals surface area contributed by atoms with Gasteiger partial charge in [0.25, 0.3) is 5.91 Å². The lowest BCUT2D eigenvalue weighted by Crippen LogP contribution is -2.38. The van der Waals surface area contributed by atoms with E-state index in [4.69, 9.17) is 9.47 Å². The number of guanidine groups is 1. The highest BCUT2D eigenvalue weighted by Gasteiger charge is 2.23. The molecule has 1 aromatic carbocycles. The zero-order valence-corrected chi connectivity index (χ0v) is 17.0. The highest BCUT2D eigenvalue weighted by molar-refractivity contribution is 14.0. The fraction of sp³-hybridized carbons (Fsp3) is 0.529. The number of rotatable bonds is 7. The average Bonchev–Trinajstić information content (AvgIpc) is 3.13. The highest BCUT2D eigenvalue weighted by Crippen LogP contribution is 2.16. The first-order valence-corrected chi connectivity index (χ1v) is 8.18. The first-order valence-electron chi connectivity index (χ1n) is 8.18. The molecule has 1 saturated heterocycles. The number of nitrogens with one attached hydrogen (secondary N) is 3. The predicted octanol–water partition coefficient (Wildman–Crippen LogP) is 1.73. The number of anilines is 1. The van der Waals surface area contributed by atoms with E-state index in [0.717, 1.165) is 24.1 Å². The molecule has 1 aliphatic rings. The summed E-state index contributed by atoms with van der Waals surface area (Å²) in [6.07, 6.45) is 1.41. The second kappa shape index (κ2) is 12.0. The lowest BCUT2D eigenvalue weighted by Gasteiger charge is -2.13. The first kappa shape index (κ1) is 21.7. The lowest BCUT2D eigenvalue weighted by atomic mass is 10.2. The highest BCUT2D eigenvalue weighted by atomic mass is 127. The predicted molar refractivity (Wildman–Crippen MR) is 110 cm³/mol. The molecule has 0 radical (unpaired) electrons. The summed E-state index contributed by atoms with van der Waals surface area (Å²) >= 11 is 0. The number of nitrogens with zero attached hydrogens (tertiary/aromatic N) is 1. The van der Waals surface area contributed by atoms with Crippen molar-refractivity contribution in [1.29, 1.82) is 0 Å². The minimum atomic E-state index is -0.324. The second-order valence-corrected chi connectivity index (χ2v) is 5.54. The number of benzene rings is 1. The molecule has 1 aromatic rings. The van der Waals surface area contributed by atoms with Crippen LogP contribution >= 0.6 is 24.0 Å². The fourth-order valence-electron chi connectivity index (χ4n) is 2.44. The van der Waals surface area contributed by atoms with Gasteiger partial charge < -0.3 is 25.4 Å². The van der Waals surface area contributed by atoms with E-state index in [0.29, 0.717) is 32.3 Å². The number of carbonyl (C=O) groups is 1. The van der Waals surface area contributed by atoms with Crippen LogP contribution in [0.2, 0.25) is 0 Å². The van der Waals surface area contributed by atoms with E-state index in [9.17, 15) is 4.79 Å². The molecule has 0 bridgehead atoms. The standard InChI is InChI=1S/C17H26N4O3.HI/c1-18-17(19-8-10-23-2)20-12-13-5-3-6-14(11-13)21-16(22)15-7-4-9-24-15;/h3,5-6,11,15H,4,7-10,12H2,1-2H3,(H,21,22)(H2,18,19,20);1H. The van der Waals surface area contributed by atoms with Crippen LogP contribution in [0.15, 0.2) is 29.3 Å². The van der Waals surface area contributed by atoms with E-state index in [1.54, 1.807) is 14.2 Å². The molecule has 1 amide bonds. The van der Waals surface area contributed by atoms with E-state index in [1.807, 2.05) is 24.3 Å². The van der Waals surface area contributed by atoms with Crippen LogP contribution in [0.4, 0.5) is 5.69 Å². The van der Waals surface area contributed by atoms with E-state index in [2.05, 4.69) is 20.9 Å². The molecule has 1 unspecified atom stereocenters. The Labute approximate surface area is 166 Å². The number of aliphatic imine (C=N–C) groups is 1. The van der Waals surface area contributed by atoms with Crippen molar-refractivity contribution in [3.8, 4) is 0 Å². The van der Waals surface area contributed by atoms with E-state index < -0.39 is 0 Å². The maximum Gasteiger partial charge on any atom is 0.253 e. The van der Waals surface area contributed by atoms with Crippen molar-refractivity contribution < 1.29 is 14.3 Å². The number of amides is 1. The summed E-state index contributed by atoms with van der Waals surface area (Å²) in [6.45, 7) is 2.58. The van der Waals surface area contributed by atoms with E-state index in [-0.39, 0.29) is 36.0 Å². The smallest absolute Gasteiger partial charge is 0.253 e. The van der Waals surface area contributed by atoms with Crippen LogP contribution in [0, 0.1) is 0 Å². The van der Waals surface area contributed by atoms with Crippen LogP contribution in [0.3, 0.4) is 0 Å². The Kier molecular flexibility index (Phi) is 10.4. The third-order valence-corrected chi connectivity index (χ3v) is 3.70. The Hall–Kier alpha value is -1.39. The molecule has 8 heteroatoms. The Morgan fingerprint density at radius 3 is 2.92 bits per heavy atom. The van der Waals surface area contributed by atoms with Crippen LogP contribution in [0.5, 0.6) is 0 Å². The summed E-state index contributed by atoms with van der Waals surface area (Å²) in [5.41, 5.74) is 1.83. The van der Waals surface area contributed by atoms with Gasteiger partial charge in [0.1, 0.15) is 6.10 Å². The Morgan fingerprint density at radius 2 is 2.24 bits per heavy atom. The largest absolute Gasteiger partial charge is 0.383 e. The Bertz CT molecular complexity index is 563. The molecular weight excluding hydrogens is 435 g/mol. The van der Waals surface area contributed by atoms with Crippen molar-refractivity contribution in [1.82, 2.24) is 10.6 Å². The molecule has 140 valence electrons. The van der Waals surface area contributed by atoms with Crippen LogP contribution in [0.1, 0.15) is 18.4 Å². The van der Waals surface area contributed by atoms with E-state index in [1.165, 1.54) is 0 Å². The normalized spacial score (nSPS) is 16.9. The van der Waals surface area contributed by atoms with Crippen molar-refractivity contribution in [3.63, 3.8) is 0 Å². The van der Waals surface area contributed by atoms with Crippen LogP contribution < -0.4 is 16.0 Å². The first-order chi connectivity index (χ1) is 11.7. The maximum absolute atomic E-state index is 12.1. The monoisotopic (exact) mass is 462 g/mol. The Morgan fingerprint density at radius 1 is 1.40 bits per heavy atom.